The molecule has 2 N–H and O–H groups in total. The van der Waals surface area contributed by atoms with Crippen LogP contribution in [0.5, 0.6) is 0 Å². The van der Waals surface area contributed by atoms with Gasteiger partial charge in [-0.2, -0.15) is 0 Å². The lowest BCUT2D eigenvalue weighted by Gasteiger charge is -2.35. The number of benzene rings is 1. The Kier molecular flexibility index (Phi) is 5.13. The monoisotopic (exact) mass is 332 g/mol. The van der Waals surface area contributed by atoms with Crippen molar-refractivity contribution in [2.45, 2.75) is 25.8 Å². The summed E-state index contributed by atoms with van der Waals surface area (Å²) in [5.74, 6) is 0.154. The lowest BCUT2D eigenvalue weighted by Crippen LogP contribution is -2.52. The zero-order valence-corrected chi connectivity index (χ0v) is 14.4. The summed E-state index contributed by atoms with van der Waals surface area (Å²) in [6, 6.07) is 8.67. The molecule has 0 unspecified atom stereocenters. The van der Waals surface area contributed by atoms with E-state index in [9.17, 15) is 4.79 Å². The van der Waals surface area contributed by atoms with E-state index in [1.54, 1.807) is 0 Å². The minimum atomic E-state index is 0.154. The van der Waals surface area contributed by atoms with Crippen molar-refractivity contribution in [3.8, 4) is 0 Å². The van der Waals surface area contributed by atoms with Gasteiger partial charge in [0, 0.05) is 37.9 Å². The molecule has 1 heterocycles. The number of piperazine rings is 1. The van der Waals surface area contributed by atoms with Gasteiger partial charge in [-0.1, -0.05) is 17.7 Å². The Bertz CT molecular complexity index is 562. The third kappa shape index (κ3) is 4.91. The highest BCUT2D eigenvalue weighted by Crippen LogP contribution is 2.18. The first-order valence-electron chi connectivity index (χ1n) is 8.24. The number of hydrogen-bond donors (Lipinski definition) is 2. The molecule has 1 saturated heterocycles. The van der Waals surface area contributed by atoms with E-state index in [1.807, 2.05) is 12.1 Å². The summed E-state index contributed by atoms with van der Waals surface area (Å²) in [4.78, 5) is 16.2. The molecule has 0 spiro atoms. The second-order valence-corrected chi connectivity index (χ2v) is 6.79. The maximum Gasteiger partial charge on any atom is 0.234 e. The van der Waals surface area contributed by atoms with Crippen LogP contribution in [0.1, 0.15) is 18.4 Å². The molecule has 124 valence electrons. The number of aryl methyl sites for hydroxylation is 1. The Labute approximate surface area is 143 Å². The molecular weight excluding hydrogens is 308 g/mol. The van der Waals surface area contributed by atoms with Crippen LogP contribution in [0.25, 0.3) is 0 Å². The summed E-state index contributed by atoms with van der Waals surface area (Å²) in [6.45, 7) is 6.02. The molecular formula is C17H24N4OS. The highest BCUT2D eigenvalue weighted by Gasteiger charge is 2.25. The van der Waals surface area contributed by atoms with E-state index in [2.05, 4.69) is 39.5 Å². The standard InChI is InChI=1S/C17H24N4OS/c1-13-2-4-15(5-3-13)19-17(23)21-10-8-20(9-11-21)12-16(22)18-14-6-7-14/h2-5,14H,6-12H2,1H3,(H,18,22)(H,19,23). The van der Waals surface area contributed by atoms with Crippen LogP contribution in [0.15, 0.2) is 24.3 Å². The van der Waals surface area contributed by atoms with Gasteiger partial charge in [0.25, 0.3) is 0 Å². The van der Waals surface area contributed by atoms with E-state index in [0.717, 1.165) is 49.8 Å². The molecule has 0 atom stereocenters. The number of anilines is 1. The Morgan fingerprint density at radius 1 is 1.17 bits per heavy atom. The molecule has 23 heavy (non-hydrogen) atoms. The molecule has 0 aromatic heterocycles. The van der Waals surface area contributed by atoms with Crippen LogP contribution in [-0.2, 0) is 4.79 Å². The molecule has 0 bridgehead atoms. The number of amides is 1. The zero-order chi connectivity index (χ0) is 16.2. The van der Waals surface area contributed by atoms with Crippen molar-refractivity contribution >= 4 is 28.9 Å². The van der Waals surface area contributed by atoms with E-state index in [0.29, 0.717) is 12.6 Å². The molecule has 1 aromatic rings. The molecule has 0 radical (unpaired) electrons. The van der Waals surface area contributed by atoms with Gasteiger partial charge in [-0.15, -0.1) is 0 Å². The van der Waals surface area contributed by atoms with Gasteiger partial charge >= 0.3 is 0 Å². The summed E-state index contributed by atoms with van der Waals surface area (Å²) in [7, 11) is 0. The molecule has 6 heteroatoms. The van der Waals surface area contributed by atoms with Crippen molar-refractivity contribution in [2.24, 2.45) is 0 Å². The Hall–Kier alpha value is -1.66. The Morgan fingerprint density at radius 2 is 1.83 bits per heavy atom. The van der Waals surface area contributed by atoms with E-state index in [4.69, 9.17) is 12.2 Å². The van der Waals surface area contributed by atoms with Crippen LogP contribution in [0.4, 0.5) is 5.69 Å². The maximum atomic E-state index is 11.8. The molecule has 1 aliphatic carbocycles. The van der Waals surface area contributed by atoms with Gasteiger partial charge in [0.05, 0.1) is 6.54 Å². The van der Waals surface area contributed by atoms with Crippen LogP contribution in [-0.4, -0.2) is 59.6 Å². The summed E-state index contributed by atoms with van der Waals surface area (Å²) in [5.41, 5.74) is 2.26. The maximum absolute atomic E-state index is 11.8. The average Bonchev–Trinajstić information content (AvgIpc) is 3.34. The molecule has 1 saturated carbocycles. The van der Waals surface area contributed by atoms with E-state index >= 15 is 0 Å². The van der Waals surface area contributed by atoms with E-state index in [1.165, 1.54) is 5.56 Å². The first-order chi connectivity index (χ1) is 11.1. The van der Waals surface area contributed by atoms with Gasteiger partial charge in [0.2, 0.25) is 5.91 Å². The normalized spacial score (nSPS) is 18.6. The second-order valence-electron chi connectivity index (χ2n) is 6.40. The van der Waals surface area contributed by atoms with Gasteiger partial charge in [0.15, 0.2) is 5.11 Å². The number of hydrogen-bond acceptors (Lipinski definition) is 3. The minimum Gasteiger partial charge on any atom is -0.352 e. The van der Waals surface area contributed by atoms with Gasteiger partial charge in [0.1, 0.15) is 0 Å². The van der Waals surface area contributed by atoms with Crippen molar-refractivity contribution < 1.29 is 4.79 Å². The van der Waals surface area contributed by atoms with Crippen LogP contribution < -0.4 is 10.6 Å². The molecule has 1 aliphatic heterocycles. The first kappa shape index (κ1) is 16.2. The van der Waals surface area contributed by atoms with Crippen LogP contribution in [0, 0.1) is 6.92 Å². The van der Waals surface area contributed by atoms with Gasteiger partial charge in [-0.3, -0.25) is 9.69 Å². The number of carbonyl (C=O) groups excluding carboxylic acids is 1. The van der Waals surface area contributed by atoms with Gasteiger partial charge < -0.3 is 15.5 Å². The lowest BCUT2D eigenvalue weighted by molar-refractivity contribution is -0.122. The second kappa shape index (κ2) is 7.27. The number of rotatable bonds is 4. The highest BCUT2D eigenvalue weighted by molar-refractivity contribution is 7.80. The van der Waals surface area contributed by atoms with Crippen molar-refractivity contribution in [3.05, 3.63) is 29.8 Å². The minimum absolute atomic E-state index is 0.154. The smallest absolute Gasteiger partial charge is 0.234 e. The lowest BCUT2D eigenvalue weighted by atomic mass is 10.2. The zero-order valence-electron chi connectivity index (χ0n) is 13.5. The third-order valence-electron chi connectivity index (χ3n) is 4.27. The highest BCUT2D eigenvalue weighted by atomic mass is 32.1. The average molecular weight is 332 g/mol. The van der Waals surface area contributed by atoms with Gasteiger partial charge in [-0.05, 0) is 44.1 Å². The van der Waals surface area contributed by atoms with Crippen molar-refractivity contribution in [1.82, 2.24) is 15.1 Å². The number of thiocarbonyl (C=S) groups is 1. The summed E-state index contributed by atoms with van der Waals surface area (Å²) >= 11 is 5.50. The predicted molar refractivity (Wildman–Crippen MR) is 96.6 cm³/mol. The fraction of sp³-hybridized carbons (Fsp3) is 0.529. The topological polar surface area (TPSA) is 47.6 Å². The van der Waals surface area contributed by atoms with Crippen molar-refractivity contribution in [2.75, 3.05) is 38.0 Å². The predicted octanol–water partition coefficient (Wildman–Crippen LogP) is 1.59. The number of nitrogens with one attached hydrogen (secondary N) is 2. The largest absolute Gasteiger partial charge is 0.352 e. The molecule has 1 amide bonds. The molecule has 2 aliphatic rings. The fourth-order valence-corrected chi connectivity index (χ4v) is 2.95. The third-order valence-corrected chi connectivity index (χ3v) is 4.63. The Morgan fingerprint density at radius 3 is 2.43 bits per heavy atom. The fourth-order valence-electron chi connectivity index (χ4n) is 2.65. The molecule has 3 rings (SSSR count). The SMILES string of the molecule is Cc1ccc(NC(=S)N2CCN(CC(=O)NC3CC3)CC2)cc1. The van der Waals surface area contributed by atoms with E-state index < -0.39 is 0 Å². The molecule has 2 fully saturated rings. The van der Waals surface area contributed by atoms with E-state index in [-0.39, 0.29) is 5.91 Å². The summed E-state index contributed by atoms with van der Waals surface area (Å²) in [6.07, 6.45) is 2.27. The number of nitrogens with zero attached hydrogens (tertiary/aromatic N) is 2. The van der Waals surface area contributed by atoms with Crippen LogP contribution in [0.3, 0.4) is 0 Å². The van der Waals surface area contributed by atoms with Crippen LogP contribution >= 0.6 is 12.2 Å². The number of carbonyl (C=O) groups is 1. The molecule has 5 nitrogen and oxygen atoms in total. The van der Waals surface area contributed by atoms with Crippen LogP contribution in [0.2, 0.25) is 0 Å². The van der Waals surface area contributed by atoms with Gasteiger partial charge in [-0.25, -0.2) is 0 Å². The van der Waals surface area contributed by atoms with Crippen molar-refractivity contribution in [1.29, 1.82) is 0 Å². The Balaban J connectivity index is 1.41. The first-order valence-corrected chi connectivity index (χ1v) is 8.65. The molecule has 1 aromatic carbocycles. The summed E-state index contributed by atoms with van der Waals surface area (Å²) in [5, 5.41) is 7.09. The quantitative estimate of drug-likeness (QED) is 0.820. The summed E-state index contributed by atoms with van der Waals surface area (Å²) < 4.78 is 0. The van der Waals surface area contributed by atoms with Crippen molar-refractivity contribution in [3.63, 3.8) is 0 Å².